The van der Waals surface area contributed by atoms with E-state index in [1.807, 2.05) is 0 Å². The fourth-order valence-electron chi connectivity index (χ4n) is 2.28. The molecule has 29 heavy (non-hydrogen) atoms. The average Bonchev–Trinajstić information content (AvgIpc) is 3.02. The minimum absolute atomic E-state index is 0.00387. The van der Waals surface area contributed by atoms with E-state index in [-0.39, 0.29) is 33.4 Å². The minimum atomic E-state index is -4.48. The van der Waals surface area contributed by atoms with Crippen molar-refractivity contribution in [3.05, 3.63) is 62.7 Å². The van der Waals surface area contributed by atoms with Crippen LogP contribution in [0.25, 0.3) is 11.5 Å². The molecule has 0 atom stereocenters. The maximum absolute atomic E-state index is 12.6. The highest BCUT2D eigenvalue weighted by molar-refractivity contribution is 9.10. The van der Waals surface area contributed by atoms with Crippen molar-refractivity contribution in [2.75, 3.05) is 0 Å². The third-order valence-electron chi connectivity index (χ3n) is 3.69. The van der Waals surface area contributed by atoms with Crippen LogP contribution in [0, 0.1) is 0 Å². The summed E-state index contributed by atoms with van der Waals surface area (Å²) in [4.78, 5) is 19.3. The van der Waals surface area contributed by atoms with Gasteiger partial charge in [0.25, 0.3) is 0 Å². The van der Waals surface area contributed by atoms with Crippen molar-refractivity contribution in [2.45, 2.75) is 6.18 Å². The Kier molecular flexibility index (Phi) is 5.67. The summed E-state index contributed by atoms with van der Waals surface area (Å²) in [5.41, 5.74) is -0.930. The molecule has 0 saturated carbocycles. The summed E-state index contributed by atoms with van der Waals surface area (Å²) in [6, 6.07) is 6.58. The smallest absolute Gasteiger partial charge is 0.416 e. The highest BCUT2D eigenvalue weighted by Crippen LogP contribution is 2.33. The van der Waals surface area contributed by atoms with Crippen molar-refractivity contribution in [3.8, 4) is 17.4 Å². The number of oxazole rings is 1. The molecule has 6 nitrogen and oxygen atoms in total. The van der Waals surface area contributed by atoms with Crippen LogP contribution < -0.4 is 0 Å². The molecule has 0 spiro atoms. The van der Waals surface area contributed by atoms with E-state index in [0.29, 0.717) is 4.47 Å². The topological polar surface area (TPSA) is 95.9 Å². The number of aromatic carboxylic acids is 1. The number of halogens is 5. The fourth-order valence-corrected chi connectivity index (χ4v) is 2.78. The lowest BCUT2D eigenvalue weighted by atomic mass is 10.1. The third-order valence-corrected chi connectivity index (χ3v) is 4.89. The molecule has 2 aromatic carbocycles. The van der Waals surface area contributed by atoms with Crippen LogP contribution in [0.2, 0.25) is 5.02 Å². The predicted octanol–water partition coefficient (Wildman–Crippen LogP) is 5.93. The summed E-state index contributed by atoms with van der Waals surface area (Å²) in [6.07, 6.45) is -3.43. The summed E-state index contributed by atoms with van der Waals surface area (Å²) in [6.45, 7) is 0. The van der Waals surface area contributed by atoms with Crippen molar-refractivity contribution in [1.29, 1.82) is 0 Å². The van der Waals surface area contributed by atoms with Crippen molar-refractivity contribution in [2.24, 2.45) is 4.99 Å². The zero-order valence-electron chi connectivity index (χ0n) is 14.0. The van der Waals surface area contributed by atoms with Crippen LogP contribution in [0.4, 0.5) is 18.9 Å². The number of aromatic hydroxyl groups is 1. The molecule has 0 aliphatic carbocycles. The molecule has 0 fully saturated rings. The first-order valence-corrected chi connectivity index (χ1v) is 8.87. The average molecular weight is 490 g/mol. The molecule has 0 unspecified atom stereocenters. The van der Waals surface area contributed by atoms with E-state index in [1.54, 1.807) is 0 Å². The Balaban J connectivity index is 1.92. The van der Waals surface area contributed by atoms with Gasteiger partial charge < -0.3 is 14.6 Å². The molecule has 150 valence electrons. The van der Waals surface area contributed by atoms with Crippen LogP contribution >= 0.6 is 27.5 Å². The van der Waals surface area contributed by atoms with E-state index in [9.17, 15) is 28.2 Å². The molecule has 11 heteroatoms. The number of hydrogen-bond acceptors (Lipinski definition) is 5. The van der Waals surface area contributed by atoms with Crippen LogP contribution in [0.15, 0.2) is 50.3 Å². The molecule has 1 aromatic heterocycles. The summed E-state index contributed by atoms with van der Waals surface area (Å²) in [7, 11) is 0. The van der Waals surface area contributed by atoms with Gasteiger partial charge in [-0.1, -0.05) is 11.6 Å². The molecule has 3 aromatic rings. The number of carbonyl (C=O) groups is 1. The first kappa shape index (κ1) is 20.9. The Morgan fingerprint density at radius 3 is 2.48 bits per heavy atom. The lowest BCUT2D eigenvalue weighted by Crippen LogP contribution is -2.03. The first-order valence-electron chi connectivity index (χ1n) is 7.70. The van der Waals surface area contributed by atoms with Gasteiger partial charge in [-0.05, 0) is 52.3 Å². The van der Waals surface area contributed by atoms with Crippen LogP contribution in [0.1, 0.15) is 21.6 Å². The second kappa shape index (κ2) is 7.88. The van der Waals surface area contributed by atoms with Gasteiger partial charge in [0.1, 0.15) is 0 Å². The maximum Gasteiger partial charge on any atom is 0.416 e. The molecular formula is C18H9BrClF3N2O4. The molecular weight excluding hydrogens is 481 g/mol. The van der Waals surface area contributed by atoms with E-state index in [4.69, 9.17) is 16.0 Å². The van der Waals surface area contributed by atoms with Gasteiger partial charge in [-0.15, -0.1) is 0 Å². The number of aromatic nitrogens is 1. The molecule has 1 heterocycles. The minimum Gasteiger partial charge on any atom is -0.479 e. The number of alkyl halides is 3. The second-order valence-electron chi connectivity index (χ2n) is 5.63. The van der Waals surface area contributed by atoms with Crippen molar-refractivity contribution < 1.29 is 32.6 Å². The van der Waals surface area contributed by atoms with E-state index >= 15 is 0 Å². The zero-order chi connectivity index (χ0) is 21.3. The number of carboxylic acid groups (broad SMARTS) is 1. The lowest BCUT2D eigenvalue weighted by molar-refractivity contribution is -0.137. The van der Waals surface area contributed by atoms with E-state index in [2.05, 4.69) is 25.9 Å². The SMILES string of the molecule is O=C(O)c1cc(Br)c(Cl)cc1N=Cc1nc(-c2ccc(C(F)(F)F)cc2)oc1O. The number of nitrogens with zero attached hydrogens (tertiary/aromatic N) is 2. The standard InChI is InChI=1S/C18H9BrClF3N2O4/c19-11-5-10(16(26)27)13(6-12(11)20)24-7-14-17(28)29-15(25-14)8-1-3-9(4-2-8)18(21,22)23/h1-7,28H,(H,26,27). The molecule has 0 aliphatic heterocycles. The summed E-state index contributed by atoms with van der Waals surface area (Å²) in [5.74, 6) is -2.02. The highest BCUT2D eigenvalue weighted by atomic mass is 79.9. The number of rotatable bonds is 4. The molecule has 0 radical (unpaired) electrons. The van der Waals surface area contributed by atoms with Gasteiger partial charge in [-0.25, -0.2) is 9.78 Å². The summed E-state index contributed by atoms with van der Waals surface area (Å²) >= 11 is 9.07. The van der Waals surface area contributed by atoms with Gasteiger partial charge in [-0.2, -0.15) is 13.2 Å². The summed E-state index contributed by atoms with van der Waals surface area (Å²) in [5, 5.41) is 19.4. The van der Waals surface area contributed by atoms with Crippen molar-refractivity contribution in [3.63, 3.8) is 0 Å². The number of benzene rings is 2. The van der Waals surface area contributed by atoms with Crippen LogP contribution in [-0.2, 0) is 6.18 Å². The van der Waals surface area contributed by atoms with Crippen LogP contribution in [0.3, 0.4) is 0 Å². The Morgan fingerprint density at radius 1 is 1.24 bits per heavy atom. The summed E-state index contributed by atoms with van der Waals surface area (Å²) < 4.78 is 43.4. The van der Waals surface area contributed by atoms with E-state index in [0.717, 1.165) is 30.5 Å². The molecule has 2 N–H and O–H groups in total. The quantitative estimate of drug-likeness (QED) is 0.443. The van der Waals surface area contributed by atoms with E-state index < -0.39 is 23.7 Å². The van der Waals surface area contributed by atoms with Gasteiger partial charge in [0, 0.05) is 10.0 Å². The molecule has 3 rings (SSSR count). The predicted molar refractivity (Wildman–Crippen MR) is 102 cm³/mol. The number of aliphatic imine (C=N–C) groups is 1. The van der Waals surface area contributed by atoms with Crippen molar-refractivity contribution in [1.82, 2.24) is 4.98 Å². The van der Waals surface area contributed by atoms with Crippen LogP contribution in [0.5, 0.6) is 5.95 Å². The Morgan fingerprint density at radius 2 is 1.90 bits per heavy atom. The molecule has 0 amide bonds. The van der Waals surface area contributed by atoms with Gasteiger partial charge in [0.05, 0.1) is 28.1 Å². The Bertz CT molecular complexity index is 1110. The normalized spacial score (nSPS) is 11.9. The number of carboxylic acids is 1. The van der Waals surface area contributed by atoms with Crippen LogP contribution in [-0.4, -0.2) is 27.4 Å². The van der Waals surface area contributed by atoms with E-state index in [1.165, 1.54) is 12.1 Å². The maximum atomic E-state index is 12.6. The van der Waals surface area contributed by atoms with Crippen molar-refractivity contribution >= 4 is 45.4 Å². The highest BCUT2D eigenvalue weighted by Gasteiger charge is 2.30. The molecule has 0 saturated heterocycles. The van der Waals surface area contributed by atoms with Gasteiger partial charge in [-0.3, -0.25) is 4.99 Å². The second-order valence-corrected chi connectivity index (χ2v) is 6.89. The lowest BCUT2D eigenvalue weighted by Gasteiger charge is -2.05. The Labute approximate surface area is 174 Å². The van der Waals surface area contributed by atoms with Gasteiger partial charge in [0.15, 0.2) is 5.69 Å². The fraction of sp³-hybridized carbons (Fsp3) is 0.0556. The Hall–Kier alpha value is -2.85. The number of hydrogen-bond donors (Lipinski definition) is 2. The first-order chi connectivity index (χ1) is 13.6. The molecule has 0 bridgehead atoms. The third kappa shape index (κ3) is 4.60. The van der Waals surface area contributed by atoms with Gasteiger partial charge >= 0.3 is 18.1 Å². The monoisotopic (exact) mass is 488 g/mol. The van der Waals surface area contributed by atoms with Gasteiger partial charge in [0.2, 0.25) is 5.89 Å². The zero-order valence-corrected chi connectivity index (χ0v) is 16.4. The largest absolute Gasteiger partial charge is 0.479 e. The molecule has 0 aliphatic rings.